The van der Waals surface area contributed by atoms with Crippen LogP contribution in [-0.2, 0) is 18.4 Å². The first-order chi connectivity index (χ1) is 7.70. The van der Waals surface area contributed by atoms with Gasteiger partial charge in [-0.3, -0.25) is 4.79 Å². The third-order valence-electron chi connectivity index (χ3n) is 2.34. The molecule has 5 nitrogen and oxygen atoms in total. The van der Waals surface area contributed by atoms with Crippen molar-refractivity contribution in [3.05, 3.63) is 30.1 Å². The van der Waals surface area contributed by atoms with Gasteiger partial charge in [0.15, 0.2) is 6.07 Å². The van der Waals surface area contributed by atoms with E-state index in [0.29, 0.717) is 6.54 Å². The summed E-state index contributed by atoms with van der Waals surface area (Å²) < 4.78 is 1.92. The van der Waals surface area contributed by atoms with Crippen LogP contribution < -0.4 is 5.32 Å². The average Bonchev–Trinajstić information content (AvgIpc) is 2.67. The first-order valence-electron chi connectivity index (χ1n) is 4.78. The molecule has 0 saturated heterocycles. The van der Waals surface area contributed by atoms with Crippen LogP contribution in [0.1, 0.15) is 5.56 Å². The summed E-state index contributed by atoms with van der Waals surface area (Å²) >= 11 is 0. The molecule has 0 saturated carbocycles. The highest BCUT2D eigenvalue weighted by Crippen LogP contribution is 2.13. The zero-order valence-electron chi connectivity index (χ0n) is 8.77. The summed E-state index contributed by atoms with van der Waals surface area (Å²) in [5.41, 5.74) is 2.84. The molecule has 80 valence electrons. The molecule has 1 heterocycles. The summed E-state index contributed by atoms with van der Waals surface area (Å²) in [6, 6.07) is 7.25. The smallest absolute Gasteiger partial charge is 0.322 e. The maximum atomic E-state index is 10.8. The number of nitrogens with zero attached hydrogens (tertiary/aromatic N) is 3. The lowest BCUT2D eigenvalue weighted by Gasteiger charge is -2.01. The van der Waals surface area contributed by atoms with E-state index in [4.69, 9.17) is 5.26 Å². The van der Waals surface area contributed by atoms with Crippen LogP contribution >= 0.6 is 0 Å². The normalized spacial score (nSPS) is 10.0. The third-order valence-corrected chi connectivity index (χ3v) is 2.34. The second-order valence-electron chi connectivity index (χ2n) is 3.47. The summed E-state index contributed by atoms with van der Waals surface area (Å²) in [7, 11) is 1.92. The Labute approximate surface area is 92.3 Å². The van der Waals surface area contributed by atoms with E-state index in [9.17, 15) is 4.79 Å². The number of benzene rings is 1. The van der Waals surface area contributed by atoms with Crippen molar-refractivity contribution in [1.82, 2.24) is 14.9 Å². The van der Waals surface area contributed by atoms with Crippen LogP contribution in [0.15, 0.2) is 24.5 Å². The fraction of sp³-hybridized carbons (Fsp3) is 0.182. The van der Waals surface area contributed by atoms with Crippen molar-refractivity contribution in [3.8, 4) is 6.07 Å². The third kappa shape index (κ3) is 1.86. The summed E-state index contributed by atoms with van der Waals surface area (Å²) in [5.74, 6) is -0.624. The van der Waals surface area contributed by atoms with Crippen molar-refractivity contribution in [2.24, 2.45) is 7.05 Å². The first-order valence-corrected chi connectivity index (χ1v) is 4.78. The quantitative estimate of drug-likeness (QED) is 0.748. The van der Waals surface area contributed by atoms with Gasteiger partial charge in [-0.2, -0.15) is 5.26 Å². The van der Waals surface area contributed by atoms with Crippen molar-refractivity contribution in [3.63, 3.8) is 0 Å². The van der Waals surface area contributed by atoms with Gasteiger partial charge in [0.05, 0.1) is 17.4 Å². The molecule has 5 heteroatoms. The molecular formula is C11H10N4O. The SMILES string of the molecule is Cn1cnc2cc(CNC(=O)C#N)ccc21. The summed E-state index contributed by atoms with van der Waals surface area (Å²) in [5, 5.41) is 10.8. The molecule has 1 N–H and O–H groups in total. The lowest BCUT2D eigenvalue weighted by atomic mass is 10.2. The molecule has 0 radical (unpaired) electrons. The Kier molecular flexibility index (Phi) is 2.56. The molecule has 1 aromatic heterocycles. The number of fused-ring (bicyclic) bond motifs is 1. The monoisotopic (exact) mass is 214 g/mol. The Morgan fingerprint density at radius 3 is 3.19 bits per heavy atom. The number of hydrogen-bond donors (Lipinski definition) is 1. The summed E-state index contributed by atoms with van der Waals surface area (Å²) in [6.07, 6.45) is 1.74. The Hall–Kier alpha value is -2.35. The average molecular weight is 214 g/mol. The Morgan fingerprint density at radius 1 is 1.62 bits per heavy atom. The molecule has 0 spiro atoms. The van der Waals surface area contributed by atoms with Crippen LogP contribution in [0.3, 0.4) is 0 Å². The van der Waals surface area contributed by atoms with E-state index in [1.165, 1.54) is 6.07 Å². The lowest BCUT2D eigenvalue weighted by molar-refractivity contribution is -0.116. The van der Waals surface area contributed by atoms with Crippen molar-refractivity contribution < 1.29 is 4.79 Å². The van der Waals surface area contributed by atoms with E-state index in [2.05, 4.69) is 10.3 Å². The number of carbonyl (C=O) groups is 1. The van der Waals surface area contributed by atoms with Gasteiger partial charge in [0, 0.05) is 13.6 Å². The van der Waals surface area contributed by atoms with Gasteiger partial charge in [-0.1, -0.05) is 6.07 Å². The van der Waals surface area contributed by atoms with Gasteiger partial charge in [0.1, 0.15) is 0 Å². The van der Waals surface area contributed by atoms with E-state index in [0.717, 1.165) is 16.6 Å². The molecule has 2 aromatic rings. The zero-order valence-corrected chi connectivity index (χ0v) is 8.77. The van der Waals surface area contributed by atoms with E-state index in [1.807, 2.05) is 29.8 Å². The lowest BCUT2D eigenvalue weighted by Crippen LogP contribution is -2.20. The maximum Gasteiger partial charge on any atom is 0.322 e. The van der Waals surface area contributed by atoms with Crippen LogP contribution in [0, 0.1) is 11.3 Å². The van der Waals surface area contributed by atoms with Crippen molar-refractivity contribution in [2.45, 2.75) is 6.54 Å². The molecule has 1 amide bonds. The van der Waals surface area contributed by atoms with Gasteiger partial charge in [0.2, 0.25) is 0 Å². The number of aryl methyl sites for hydroxylation is 1. The van der Waals surface area contributed by atoms with Crippen LogP contribution in [-0.4, -0.2) is 15.5 Å². The second kappa shape index (κ2) is 4.03. The molecule has 0 aliphatic carbocycles. The van der Waals surface area contributed by atoms with E-state index < -0.39 is 5.91 Å². The largest absolute Gasteiger partial charge is 0.339 e. The highest BCUT2D eigenvalue weighted by molar-refractivity contribution is 5.91. The fourth-order valence-corrected chi connectivity index (χ4v) is 1.51. The number of imidazole rings is 1. The predicted octanol–water partition coefficient (Wildman–Crippen LogP) is 0.713. The minimum Gasteiger partial charge on any atom is -0.339 e. The number of nitriles is 1. The summed E-state index contributed by atoms with van der Waals surface area (Å²) in [6.45, 7) is 0.346. The number of amides is 1. The highest BCUT2D eigenvalue weighted by Gasteiger charge is 2.02. The molecular weight excluding hydrogens is 204 g/mol. The summed E-state index contributed by atoms with van der Waals surface area (Å²) in [4.78, 5) is 15.0. The van der Waals surface area contributed by atoms with E-state index in [1.54, 1.807) is 6.33 Å². The molecule has 16 heavy (non-hydrogen) atoms. The number of aromatic nitrogens is 2. The van der Waals surface area contributed by atoms with Gasteiger partial charge < -0.3 is 9.88 Å². The molecule has 0 aliphatic rings. The van der Waals surface area contributed by atoms with Crippen molar-refractivity contribution >= 4 is 16.9 Å². The van der Waals surface area contributed by atoms with Gasteiger partial charge in [-0.15, -0.1) is 0 Å². The molecule has 1 aromatic carbocycles. The Bertz CT molecular complexity index is 579. The van der Waals surface area contributed by atoms with Crippen LogP contribution in [0.25, 0.3) is 11.0 Å². The van der Waals surface area contributed by atoms with Gasteiger partial charge in [-0.25, -0.2) is 4.98 Å². The second-order valence-corrected chi connectivity index (χ2v) is 3.47. The molecule has 2 rings (SSSR count). The minimum absolute atomic E-state index is 0.346. The maximum absolute atomic E-state index is 10.8. The van der Waals surface area contributed by atoms with Crippen molar-refractivity contribution in [2.75, 3.05) is 0 Å². The highest BCUT2D eigenvalue weighted by atomic mass is 16.1. The first kappa shape index (κ1) is 10.2. The number of rotatable bonds is 2. The molecule has 0 atom stereocenters. The molecule has 0 bridgehead atoms. The number of carbonyl (C=O) groups excluding carboxylic acids is 1. The van der Waals surface area contributed by atoms with Crippen molar-refractivity contribution in [1.29, 1.82) is 5.26 Å². The van der Waals surface area contributed by atoms with Gasteiger partial charge in [0.25, 0.3) is 0 Å². The van der Waals surface area contributed by atoms with Gasteiger partial charge in [-0.05, 0) is 17.7 Å². The van der Waals surface area contributed by atoms with Crippen LogP contribution in [0.2, 0.25) is 0 Å². The van der Waals surface area contributed by atoms with E-state index >= 15 is 0 Å². The Balaban J connectivity index is 2.20. The predicted molar refractivity (Wildman–Crippen MR) is 58.2 cm³/mol. The zero-order chi connectivity index (χ0) is 11.5. The van der Waals surface area contributed by atoms with Gasteiger partial charge >= 0.3 is 5.91 Å². The van der Waals surface area contributed by atoms with Crippen LogP contribution in [0.4, 0.5) is 0 Å². The van der Waals surface area contributed by atoms with Crippen LogP contribution in [0.5, 0.6) is 0 Å². The molecule has 0 unspecified atom stereocenters. The topological polar surface area (TPSA) is 70.7 Å². The fourth-order valence-electron chi connectivity index (χ4n) is 1.51. The minimum atomic E-state index is -0.624. The van der Waals surface area contributed by atoms with E-state index in [-0.39, 0.29) is 0 Å². The number of nitrogens with one attached hydrogen (secondary N) is 1. The molecule has 0 aliphatic heterocycles. The Morgan fingerprint density at radius 2 is 2.44 bits per heavy atom. The number of hydrogen-bond acceptors (Lipinski definition) is 3. The standard InChI is InChI=1S/C11H10N4O/c1-15-7-14-9-4-8(2-3-10(9)15)6-13-11(16)5-12/h2-4,7H,6H2,1H3,(H,13,16). The molecule has 0 fully saturated rings.